The zero-order valence-corrected chi connectivity index (χ0v) is 17.3. The zero-order valence-electron chi connectivity index (χ0n) is 16.5. The molecule has 0 spiro atoms. The van der Waals surface area contributed by atoms with Crippen molar-refractivity contribution in [3.05, 3.63) is 65.9 Å². The summed E-state index contributed by atoms with van der Waals surface area (Å²) in [6, 6.07) is 18.2. The average molecular weight is 409 g/mol. The van der Waals surface area contributed by atoms with Crippen LogP contribution >= 0.6 is 11.6 Å². The molecular formula is C22H25ClN6. The molecule has 1 fully saturated rings. The number of anilines is 5. The van der Waals surface area contributed by atoms with Crippen LogP contribution in [-0.4, -0.2) is 42.7 Å². The summed E-state index contributed by atoms with van der Waals surface area (Å²) < 4.78 is 0. The normalized spacial score (nSPS) is 14.1. The molecule has 1 saturated heterocycles. The van der Waals surface area contributed by atoms with Crippen LogP contribution in [0.15, 0.2) is 60.9 Å². The minimum absolute atomic E-state index is 0.620. The van der Waals surface area contributed by atoms with Gasteiger partial charge in [0, 0.05) is 49.1 Å². The van der Waals surface area contributed by atoms with Crippen LogP contribution in [0.4, 0.5) is 28.7 Å². The van der Waals surface area contributed by atoms with E-state index < -0.39 is 0 Å². The molecule has 0 amide bonds. The molecule has 1 aliphatic heterocycles. The Kier molecular flexibility index (Phi) is 5.71. The quantitative estimate of drug-likeness (QED) is 0.682. The van der Waals surface area contributed by atoms with Gasteiger partial charge in [0.15, 0.2) is 11.6 Å². The number of benzene rings is 2. The Morgan fingerprint density at radius 1 is 0.966 bits per heavy atom. The smallest absolute Gasteiger partial charge is 0.161 e. The SMILES string of the molecule is CCN(c1ccccc1)c1ncnc(N2CCN(c3cccc(Cl)c3)CC2)c1N. The van der Waals surface area contributed by atoms with Crippen LogP contribution in [0.25, 0.3) is 0 Å². The van der Waals surface area contributed by atoms with E-state index in [0.717, 1.165) is 60.8 Å². The Morgan fingerprint density at radius 3 is 2.38 bits per heavy atom. The molecule has 3 aromatic rings. The van der Waals surface area contributed by atoms with Gasteiger partial charge in [-0.15, -0.1) is 0 Å². The molecule has 1 aliphatic rings. The third-order valence-electron chi connectivity index (χ3n) is 5.23. The maximum Gasteiger partial charge on any atom is 0.161 e. The average Bonchev–Trinajstić information content (AvgIpc) is 2.76. The van der Waals surface area contributed by atoms with Gasteiger partial charge in [-0.1, -0.05) is 35.9 Å². The fourth-order valence-electron chi connectivity index (χ4n) is 3.76. The summed E-state index contributed by atoms with van der Waals surface area (Å²) in [6.07, 6.45) is 1.61. The molecule has 0 radical (unpaired) electrons. The van der Waals surface area contributed by atoms with Crippen LogP contribution in [0, 0.1) is 0 Å². The second-order valence-corrected chi connectivity index (χ2v) is 7.40. The van der Waals surface area contributed by atoms with Gasteiger partial charge in [-0.05, 0) is 37.3 Å². The largest absolute Gasteiger partial charge is 0.393 e. The van der Waals surface area contributed by atoms with Crippen LogP contribution in [0.1, 0.15) is 6.92 Å². The van der Waals surface area contributed by atoms with Crippen molar-refractivity contribution in [3.63, 3.8) is 0 Å². The van der Waals surface area contributed by atoms with Crippen molar-refractivity contribution in [2.75, 3.05) is 53.2 Å². The second-order valence-electron chi connectivity index (χ2n) is 6.97. The molecule has 29 heavy (non-hydrogen) atoms. The number of hydrogen-bond donors (Lipinski definition) is 1. The highest BCUT2D eigenvalue weighted by atomic mass is 35.5. The van der Waals surface area contributed by atoms with Crippen LogP contribution in [-0.2, 0) is 0 Å². The fourth-order valence-corrected chi connectivity index (χ4v) is 3.94. The molecule has 2 aromatic carbocycles. The highest BCUT2D eigenvalue weighted by Gasteiger charge is 2.23. The van der Waals surface area contributed by atoms with E-state index in [2.05, 4.69) is 49.8 Å². The van der Waals surface area contributed by atoms with Crippen molar-refractivity contribution >= 4 is 40.3 Å². The molecule has 4 rings (SSSR count). The van der Waals surface area contributed by atoms with Crippen molar-refractivity contribution in [1.82, 2.24) is 9.97 Å². The maximum atomic E-state index is 6.55. The number of aromatic nitrogens is 2. The maximum absolute atomic E-state index is 6.55. The third-order valence-corrected chi connectivity index (χ3v) is 5.47. The molecule has 1 aromatic heterocycles. The third kappa shape index (κ3) is 4.07. The molecule has 2 heterocycles. The molecule has 0 saturated carbocycles. The Labute approximate surface area is 176 Å². The van der Waals surface area contributed by atoms with Crippen LogP contribution in [0.5, 0.6) is 0 Å². The topological polar surface area (TPSA) is 61.5 Å². The standard InChI is InChI=1S/C22H25ClN6/c1-2-29(18-8-4-3-5-9-18)22-20(24)21(25-16-26-22)28-13-11-27(12-14-28)19-10-6-7-17(23)15-19/h3-10,15-16H,2,11-14,24H2,1H3. The lowest BCUT2D eigenvalue weighted by atomic mass is 10.2. The Hall–Kier alpha value is -2.99. The van der Waals surface area contributed by atoms with Crippen LogP contribution in [0.2, 0.25) is 5.02 Å². The van der Waals surface area contributed by atoms with E-state index in [-0.39, 0.29) is 0 Å². The number of hydrogen-bond acceptors (Lipinski definition) is 6. The van der Waals surface area contributed by atoms with E-state index >= 15 is 0 Å². The van der Waals surface area contributed by atoms with Gasteiger partial charge < -0.3 is 20.4 Å². The molecule has 150 valence electrons. The van der Waals surface area contributed by atoms with Crippen molar-refractivity contribution in [3.8, 4) is 0 Å². The monoisotopic (exact) mass is 408 g/mol. The summed E-state index contributed by atoms with van der Waals surface area (Å²) in [6.45, 7) is 6.31. The molecule has 6 nitrogen and oxygen atoms in total. The van der Waals surface area contributed by atoms with Gasteiger partial charge >= 0.3 is 0 Å². The number of nitrogens with zero attached hydrogens (tertiary/aromatic N) is 5. The van der Waals surface area contributed by atoms with Gasteiger partial charge in [-0.3, -0.25) is 0 Å². The van der Waals surface area contributed by atoms with E-state index in [1.165, 1.54) is 0 Å². The first kappa shape index (κ1) is 19.3. The van der Waals surface area contributed by atoms with Crippen molar-refractivity contribution in [2.45, 2.75) is 6.92 Å². The van der Waals surface area contributed by atoms with Gasteiger partial charge in [0.25, 0.3) is 0 Å². The highest BCUT2D eigenvalue weighted by Crippen LogP contribution is 2.34. The van der Waals surface area contributed by atoms with Crippen molar-refractivity contribution in [1.29, 1.82) is 0 Å². The van der Waals surface area contributed by atoms with Gasteiger partial charge in [-0.25, -0.2) is 9.97 Å². The molecule has 0 unspecified atom stereocenters. The molecule has 0 atom stereocenters. The van der Waals surface area contributed by atoms with Crippen molar-refractivity contribution in [2.24, 2.45) is 0 Å². The van der Waals surface area contributed by atoms with Gasteiger partial charge in [0.1, 0.15) is 12.0 Å². The fraction of sp³-hybridized carbons (Fsp3) is 0.273. The Bertz CT molecular complexity index is 957. The van der Waals surface area contributed by atoms with E-state index in [0.29, 0.717) is 5.69 Å². The molecule has 7 heteroatoms. The number of nitrogen functional groups attached to an aromatic ring is 1. The number of rotatable bonds is 5. The lowest BCUT2D eigenvalue weighted by Crippen LogP contribution is -2.47. The lowest BCUT2D eigenvalue weighted by molar-refractivity contribution is 0.647. The molecular weight excluding hydrogens is 384 g/mol. The van der Waals surface area contributed by atoms with E-state index in [1.54, 1.807) is 6.33 Å². The summed E-state index contributed by atoms with van der Waals surface area (Å²) in [7, 11) is 0. The summed E-state index contributed by atoms with van der Waals surface area (Å²) in [4.78, 5) is 15.7. The first-order valence-electron chi connectivity index (χ1n) is 9.86. The van der Waals surface area contributed by atoms with E-state index in [9.17, 15) is 0 Å². The van der Waals surface area contributed by atoms with E-state index in [1.807, 2.05) is 36.4 Å². The predicted octanol–water partition coefficient (Wildman–Crippen LogP) is 4.20. The number of nitrogens with two attached hydrogens (primary N) is 1. The second kappa shape index (κ2) is 8.57. The predicted molar refractivity (Wildman–Crippen MR) is 121 cm³/mol. The van der Waals surface area contributed by atoms with E-state index in [4.69, 9.17) is 17.3 Å². The van der Waals surface area contributed by atoms with Crippen molar-refractivity contribution < 1.29 is 0 Å². The zero-order chi connectivity index (χ0) is 20.2. The number of piperazine rings is 1. The lowest BCUT2D eigenvalue weighted by Gasteiger charge is -2.37. The minimum atomic E-state index is 0.620. The summed E-state index contributed by atoms with van der Waals surface area (Å²) in [5.41, 5.74) is 9.39. The first-order valence-corrected chi connectivity index (χ1v) is 10.2. The first-order chi connectivity index (χ1) is 14.2. The van der Waals surface area contributed by atoms with Crippen LogP contribution < -0.4 is 20.4 Å². The molecule has 0 bridgehead atoms. The Balaban J connectivity index is 1.54. The van der Waals surface area contributed by atoms with Gasteiger partial charge in [0.05, 0.1) is 0 Å². The summed E-state index contributed by atoms with van der Waals surface area (Å²) in [5, 5.41) is 0.759. The highest BCUT2D eigenvalue weighted by molar-refractivity contribution is 6.30. The summed E-state index contributed by atoms with van der Waals surface area (Å²) in [5.74, 6) is 1.55. The van der Waals surface area contributed by atoms with Gasteiger partial charge in [-0.2, -0.15) is 0 Å². The molecule has 2 N–H and O–H groups in total. The number of halogens is 1. The molecule has 0 aliphatic carbocycles. The van der Waals surface area contributed by atoms with Gasteiger partial charge in [0.2, 0.25) is 0 Å². The minimum Gasteiger partial charge on any atom is -0.393 e. The Morgan fingerprint density at radius 2 is 1.69 bits per heavy atom. The number of para-hydroxylation sites is 1. The van der Waals surface area contributed by atoms with Crippen LogP contribution in [0.3, 0.4) is 0 Å². The summed E-state index contributed by atoms with van der Waals surface area (Å²) >= 11 is 6.15.